The van der Waals surface area contributed by atoms with Crippen molar-refractivity contribution >= 4 is 33.3 Å². The van der Waals surface area contributed by atoms with Crippen LogP contribution in [0.3, 0.4) is 0 Å². The fraction of sp³-hybridized carbons (Fsp3) is 0.0909. The first-order chi connectivity index (χ1) is 8.49. The summed E-state index contributed by atoms with van der Waals surface area (Å²) in [6.45, 7) is 0. The number of nitrogens with zero attached hydrogens (tertiary/aromatic N) is 2. The predicted octanol–water partition coefficient (Wildman–Crippen LogP) is 2.16. The summed E-state index contributed by atoms with van der Waals surface area (Å²) in [4.78, 5) is 11.9. The lowest BCUT2D eigenvalue weighted by molar-refractivity contribution is 0.102. The van der Waals surface area contributed by atoms with Crippen molar-refractivity contribution < 1.29 is 9.18 Å². The van der Waals surface area contributed by atoms with Crippen LogP contribution in [0.1, 0.15) is 10.4 Å². The quantitative estimate of drug-likeness (QED) is 0.892. The minimum Gasteiger partial charge on any atom is -0.383 e. The number of hydrogen-bond acceptors (Lipinski definition) is 3. The molecule has 1 amide bonds. The standard InChI is InChI=1S/C11H10BrFN4O/c1-17-10(14)7(5-15-17)11(18)16-6-2-3-9(13)8(12)4-6/h2-5H,14H2,1H3,(H,16,18). The lowest BCUT2D eigenvalue weighted by Crippen LogP contribution is -2.13. The van der Waals surface area contributed by atoms with Gasteiger partial charge in [-0.25, -0.2) is 4.39 Å². The van der Waals surface area contributed by atoms with E-state index < -0.39 is 5.82 Å². The van der Waals surface area contributed by atoms with Crippen LogP contribution in [-0.4, -0.2) is 15.7 Å². The number of carbonyl (C=O) groups is 1. The summed E-state index contributed by atoms with van der Waals surface area (Å²) in [5, 5.41) is 6.48. The number of nitrogens with two attached hydrogens (primary N) is 1. The van der Waals surface area contributed by atoms with Crippen molar-refractivity contribution in [1.29, 1.82) is 0 Å². The van der Waals surface area contributed by atoms with Crippen molar-refractivity contribution in [1.82, 2.24) is 9.78 Å². The van der Waals surface area contributed by atoms with Gasteiger partial charge >= 0.3 is 0 Å². The fourth-order valence-corrected chi connectivity index (χ4v) is 1.77. The number of rotatable bonds is 2. The van der Waals surface area contributed by atoms with Gasteiger partial charge in [-0.05, 0) is 34.1 Å². The van der Waals surface area contributed by atoms with Crippen molar-refractivity contribution in [2.75, 3.05) is 11.1 Å². The molecule has 0 saturated carbocycles. The van der Waals surface area contributed by atoms with E-state index in [1.165, 1.54) is 29.1 Å². The van der Waals surface area contributed by atoms with Crippen LogP contribution in [0.4, 0.5) is 15.9 Å². The minimum absolute atomic E-state index is 0.272. The van der Waals surface area contributed by atoms with E-state index in [2.05, 4.69) is 26.3 Å². The van der Waals surface area contributed by atoms with E-state index in [-0.39, 0.29) is 21.8 Å². The molecule has 0 bridgehead atoms. The van der Waals surface area contributed by atoms with Crippen molar-refractivity contribution in [3.05, 3.63) is 40.2 Å². The molecule has 0 fully saturated rings. The first-order valence-corrected chi connectivity index (χ1v) is 5.82. The van der Waals surface area contributed by atoms with Crippen molar-refractivity contribution in [3.63, 3.8) is 0 Å². The normalized spacial score (nSPS) is 10.4. The molecule has 1 heterocycles. The van der Waals surface area contributed by atoms with Crippen LogP contribution in [0, 0.1) is 5.82 Å². The maximum Gasteiger partial charge on any atom is 0.261 e. The first kappa shape index (κ1) is 12.6. The third-order valence-corrected chi connectivity index (χ3v) is 3.01. The zero-order chi connectivity index (χ0) is 13.3. The molecule has 3 N–H and O–H groups in total. The first-order valence-electron chi connectivity index (χ1n) is 5.03. The summed E-state index contributed by atoms with van der Waals surface area (Å²) in [7, 11) is 1.64. The number of aromatic nitrogens is 2. The third kappa shape index (κ3) is 2.35. The number of carbonyl (C=O) groups excluding carboxylic acids is 1. The summed E-state index contributed by atoms with van der Waals surface area (Å²) in [6, 6.07) is 4.19. The van der Waals surface area contributed by atoms with Gasteiger partial charge in [-0.15, -0.1) is 0 Å². The van der Waals surface area contributed by atoms with E-state index in [0.717, 1.165) is 0 Å². The van der Waals surface area contributed by atoms with Gasteiger partial charge in [-0.1, -0.05) is 0 Å². The third-order valence-electron chi connectivity index (χ3n) is 2.41. The van der Waals surface area contributed by atoms with Crippen LogP contribution in [0.15, 0.2) is 28.9 Å². The lowest BCUT2D eigenvalue weighted by Gasteiger charge is -2.05. The number of nitrogens with one attached hydrogen (secondary N) is 1. The largest absolute Gasteiger partial charge is 0.383 e. The number of halogens is 2. The molecule has 0 spiro atoms. The number of anilines is 2. The summed E-state index contributed by atoms with van der Waals surface area (Å²) >= 11 is 3.04. The van der Waals surface area contributed by atoms with E-state index >= 15 is 0 Å². The molecule has 0 aliphatic carbocycles. The summed E-state index contributed by atoms with van der Waals surface area (Å²) < 4.78 is 14.7. The van der Waals surface area contributed by atoms with Crippen LogP contribution < -0.4 is 11.1 Å². The molecule has 1 aromatic carbocycles. The molecule has 0 radical (unpaired) electrons. The maximum atomic E-state index is 13.0. The van der Waals surface area contributed by atoms with Gasteiger partial charge in [0.15, 0.2) is 0 Å². The molecule has 1 aromatic heterocycles. The van der Waals surface area contributed by atoms with Gasteiger partial charge in [-0.2, -0.15) is 5.10 Å². The molecule has 0 saturated heterocycles. The highest BCUT2D eigenvalue weighted by atomic mass is 79.9. The number of benzene rings is 1. The molecular formula is C11H10BrFN4O. The van der Waals surface area contributed by atoms with Crippen LogP contribution in [-0.2, 0) is 7.05 Å². The monoisotopic (exact) mass is 312 g/mol. The van der Waals surface area contributed by atoms with Crippen LogP contribution >= 0.6 is 15.9 Å². The molecule has 0 aliphatic rings. The van der Waals surface area contributed by atoms with Gasteiger partial charge < -0.3 is 11.1 Å². The number of nitrogen functional groups attached to an aromatic ring is 1. The number of aryl methyl sites for hydroxylation is 1. The summed E-state index contributed by atoms with van der Waals surface area (Å²) in [5.41, 5.74) is 6.43. The molecule has 2 aromatic rings. The molecule has 18 heavy (non-hydrogen) atoms. The van der Waals surface area contributed by atoms with E-state index in [4.69, 9.17) is 5.73 Å². The highest BCUT2D eigenvalue weighted by Gasteiger charge is 2.14. The summed E-state index contributed by atoms with van der Waals surface area (Å²) in [5.74, 6) is -0.512. The Morgan fingerprint density at radius 1 is 1.56 bits per heavy atom. The van der Waals surface area contributed by atoms with E-state index in [9.17, 15) is 9.18 Å². The van der Waals surface area contributed by atoms with Gasteiger partial charge in [0.2, 0.25) is 0 Å². The van der Waals surface area contributed by atoms with Gasteiger partial charge in [0.25, 0.3) is 5.91 Å². The van der Waals surface area contributed by atoms with E-state index in [1.807, 2.05) is 0 Å². The number of hydrogen-bond donors (Lipinski definition) is 2. The second kappa shape index (κ2) is 4.77. The topological polar surface area (TPSA) is 72.9 Å². The van der Waals surface area contributed by atoms with Crippen LogP contribution in [0.5, 0.6) is 0 Å². The maximum absolute atomic E-state index is 13.0. The zero-order valence-corrected chi connectivity index (χ0v) is 11.0. The zero-order valence-electron chi connectivity index (χ0n) is 9.45. The highest BCUT2D eigenvalue weighted by molar-refractivity contribution is 9.10. The fourth-order valence-electron chi connectivity index (χ4n) is 1.39. The Hall–Kier alpha value is -1.89. The molecule has 0 aliphatic heterocycles. The number of amides is 1. The lowest BCUT2D eigenvalue weighted by atomic mass is 10.2. The molecule has 94 valence electrons. The molecule has 5 nitrogen and oxygen atoms in total. The molecule has 7 heteroatoms. The van der Waals surface area contributed by atoms with Crippen molar-refractivity contribution in [2.45, 2.75) is 0 Å². The van der Waals surface area contributed by atoms with Gasteiger partial charge in [0.05, 0.1) is 10.7 Å². The Labute approximate surface area is 111 Å². The van der Waals surface area contributed by atoms with E-state index in [0.29, 0.717) is 5.69 Å². The average Bonchev–Trinajstić information content (AvgIpc) is 2.65. The Morgan fingerprint density at radius 3 is 2.83 bits per heavy atom. The molecule has 0 atom stereocenters. The predicted molar refractivity (Wildman–Crippen MR) is 69.7 cm³/mol. The Balaban J connectivity index is 2.21. The summed E-state index contributed by atoms with van der Waals surface area (Å²) in [6.07, 6.45) is 1.38. The average molecular weight is 313 g/mol. The Bertz CT molecular complexity index is 611. The minimum atomic E-state index is -0.395. The Kier molecular flexibility index (Phi) is 3.33. The second-order valence-corrected chi connectivity index (χ2v) is 4.50. The SMILES string of the molecule is Cn1ncc(C(=O)Nc2ccc(F)c(Br)c2)c1N. The van der Waals surface area contributed by atoms with E-state index in [1.54, 1.807) is 7.05 Å². The highest BCUT2D eigenvalue weighted by Crippen LogP contribution is 2.21. The molecular weight excluding hydrogens is 303 g/mol. The van der Waals surface area contributed by atoms with Gasteiger partial charge in [0, 0.05) is 12.7 Å². The van der Waals surface area contributed by atoms with Crippen LogP contribution in [0.2, 0.25) is 0 Å². The van der Waals surface area contributed by atoms with Crippen LogP contribution in [0.25, 0.3) is 0 Å². The smallest absolute Gasteiger partial charge is 0.261 e. The van der Waals surface area contributed by atoms with Gasteiger partial charge in [-0.3, -0.25) is 9.48 Å². The second-order valence-electron chi connectivity index (χ2n) is 3.65. The van der Waals surface area contributed by atoms with Crippen molar-refractivity contribution in [2.24, 2.45) is 7.05 Å². The molecule has 0 unspecified atom stereocenters. The Morgan fingerprint density at radius 2 is 2.28 bits per heavy atom. The van der Waals surface area contributed by atoms with Crippen molar-refractivity contribution in [3.8, 4) is 0 Å². The van der Waals surface area contributed by atoms with Gasteiger partial charge in [0.1, 0.15) is 17.2 Å². The molecule has 2 rings (SSSR count).